The van der Waals surface area contributed by atoms with Crippen LogP contribution in [0.4, 0.5) is 4.39 Å². The van der Waals surface area contributed by atoms with Gasteiger partial charge < -0.3 is 10.1 Å². The molecule has 0 spiro atoms. The number of sulfonamides is 1. The minimum atomic E-state index is -3.77. The zero-order chi connectivity index (χ0) is 18.7. The molecule has 0 bridgehead atoms. The fraction of sp³-hybridized carbons (Fsp3) is 0.611. The number of benzene rings is 1. The van der Waals surface area contributed by atoms with Crippen LogP contribution in [0.15, 0.2) is 23.1 Å². The van der Waals surface area contributed by atoms with Gasteiger partial charge in [0.2, 0.25) is 10.0 Å². The molecule has 1 aliphatic carbocycles. The van der Waals surface area contributed by atoms with Crippen LogP contribution in [0.25, 0.3) is 0 Å². The van der Waals surface area contributed by atoms with Crippen LogP contribution in [0.3, 0.4) is 0 Å². The Bertz CT molecular complexity index is 762. The zero-order valence-corrected chi connectivity index (χ0v) is 15.7. The lowest BCUT2D eigenvalue weighted by atomic mass is 9.86. The number of ether oxygens (including phenoxy) is 1. The van der Waals surface area contributed by atoms with Gasteiger partial charge in [0.1, 0.15) is 5.82 Å². The molecule has 144 valence electrons. The number of nitrogens with zero attached hydrogens (tertiary/aromatic N) is 1. The van der Waals surface area contributed by atoms with Crippen molar-refractivity contribution in [1.82, 2.24) is 9.62 Å². The Balaban J connectivity index is 1.81. The quantitative estimate of drug-likeness (QED) is 0.863. The second-order valence-corrected chi connectivity index (χ2v) is 8.94. The van der Waals surface area contributed by atoms with Gasteiger partial charge in [-0.25, -0.2) is 12.8 Å². The van der Waals surface area contributed by atoms with Crippen molar-refractivity contribution in [2.45, 2.75) is 43.5 Å². The van der Waals surface area contributed by atoms with Gasteiger partial charge in [0.25, 0.3) is 5.91 Å². The molecular formula is C18H25FN2O4S. The Hall–Kier alpha value is -1.51. The van der Waals surface area contributed by atoms with Crippen LogP contribution in [0.2, 0.25) is 0 Å². The van der Waals surface area contributed by atoms with Gasteiger partial charge in [0, 0.05) is 19.1 Å². The standard InChI is InChI=1S/C18H25FN2O4S/c1-13-4-2-3-5-17(13)20-18(22)15-12-14(6-7-16(15)19)26(23,24)21-8-10-25-11-9-21/h6-7,12-13,17H,2-5,8-11H2,1H3,(H,20,22). The van der Waals surface area contributed by atoms with Crippen molar-refractivity contribution < 1.29 is 22.3 Å². The number of carbonyl (C=O) groups excluding carboxylic acids is 1. The predicted molar refractivity (Wildman–Crippen MR) is 94.9 cm³/mol. The SMILES string of the molecule is CC1CCCCC1NC(=O)c1cc(S(=O)(=O)N2CCOCC2)ccc1F. The molecule has 2 fully saturated rings. The normalized spacial score (nSPS) is 25.0. The Labute approximate surface area is 153 Å². The number of amides is 1. The van der Waals surface area contributed by atoms with E-state index in [0.29, 0.717) is 19.1 Å². The van der Waals surface area contributed by atoms with E-state index in [1.54, 1.807) is 0 Å². The van der Waals surface area contributed by atoms with Crippen molar-refractivity contribution >= 4 is 15.9 Å². The lowest BCUT2D eigenvalue weighted by Gasteiger charge is -2.29. The molecule has 2 aliphatic rings. The van der Waals surface area contributed by atoms with Crippen molar-refractivity contribution in [3.63, 3.8) is 0 Å². The third kappa shape index (κ3) is 4.07. The maximum absolute atomic E-state index is 14.2. The summed E-state index contributed by atoms with van der Waals surface area (Å²) in [6.07, 6.45) is 4.05. The van der Waals surface area contributed by atoms with Gasteiger partial charge in [-0.15, -0.1) is 0 Å². The van der Waals surface area contributed by atoms with Gasteiger partial charge in [-0.1, -0.05) is 19.8 Å². The first-order valence-electron chi connectivity index (χ1n) is 9.08. The van der Waals surface area contributed by atoms with E-state index in [1.165, 1.54) is 10.4 Å². The molecule has 1 saturated carbocycles. The number of hydrogen-bond acceptors (Lipinski definition) is 4. The lowest BCUT2D eigenvalue weighted by Crippen LogP contribution is -2.42. The van der Waals surface area contributed by atoms with E-state index >= 15 is 0 Å². The minimum Gasteiger partial charge on any atom is -0.379 e. The molecule has 1 saturated heterocycles. The molecule has 0 aromatic heterocycles. The van der Waals surface area contributed by atoms with E-state index in [1.807, 2.05) is 0 Å². The molecule has 1 N–H and O–H groups in total. The summed E-state index contributed by atoms with van der Waals surface area (Å²) in [4.78, 5) is 12.5. The number of carbonyl (C=O) groups is 1. The molecule has 1 aromatic carbocycles. The summed E-state index contributed by atoms with van der Waals surface area (Å²) in [5, 5.41) is 2.88. The molecule has 6 nitrogen and oxygen atoms in total. The van der Waals surface area contributed by atoms with Crippen molar-refractivity contribution in [3.05, 3.63) is 29.6 Å². The first kappa shape index (κ1) is 19.3. The van der Waals surface area contributed by atoms with E-state index in [4.69, 9.17) is 4.74 Å². The van der Waals surface area contributed by atoms with Crippen LogP contribution in [-0.2, 0) is 14.8 Å². The van der Waals surface area contributed by atoms with E-state index in [0.717, 1.165) is 37.8 Å². The molecule has 1 aliphatic heterocycles. The van der Waals surface area contributed by atoms with Crippen LogP contribution in [0.5, 0.6) is 0 Å². The molecule has 8 heteroatoms. The van der Waals surface area contributed by atoms with Gasteiger partial charge >= 0.3 is 0 Å². The van der Waals surface area contributed by atoms with E-state index in [-0.39, 0.29) is 29.6 Å². The summed E-state index contributed by atoms with van der Waals surface area (Å²) in [6.45, 7) is 3.22. The second-order valence-electron chi connectivity index (χ2n) is 7.00. The molecule has 0 radical (unpaired) electrons. The summed E-state index contributed by atoms with van der Waals surface area (Å²) in [7, 11) is -3.77. The second kappa shape index (κ2) is 8.02. The monoisotopic (exact) mass is 384 g/mol. The third-order valence-electron chi connectivity index (χ3n) is 5.22. The molecule has 26 heavy (non-hydrogen) atoms. The average molecular weight is 384 g/mol. The first-order chi connectivity index (χ1) is 12.4. The summed E-state index contributed by atoms with van der Waals surface area (Å²) in [5.74, 6) is -0.941. The van der Waals surface area contributed by atoms with Crippen LogP contribution in [-0.4, -0.2) is 51.0 Å². The fourth-order valence-corrected chi connectivity index (χ4v) is 4.99. The van der Waals surface area contributed by atoms with Crippen LogP contribution >= 0.6 is 0 Å². The minimum absolute atomic E-state index is 0.00448. The van der Waals surface area contributed by atoms with Crippen molar-refractivity contribution in [1.29, 1.82) is 0 Å². The van der Waals surface area contributed by atoms with Crippen molar-refractivity contribution in [2.24, 2.45) is 5.92 Å². The summed E-state index contributed by atoms with van der Waals surface area (Å²) >= 11 is 0. The van der Waals surface area contributed by atoms with E-state index in [9.17, 15) is 17.6 Å². The van der Waals surface area contributed by atoms with Gasteiger partial charge in [-0.05, 0) is 37.0 Å². The average Bonchev–Trinajstić information content (AvgIpc) is 2.64. The third-order valence-corrected chi connectivity index (χ3v) is 7.11. The predicted octanol–water partition coefficient (Wildman–Crippen LogP) is 2.16. The number of nitrogens with one attached hydrogen (secondary N) is 1. The van der Waals surface area contributed by atoms with Crippen molar-refractivity contribution in [3.8, 4) is 0 Å². The van der Waals surface area contributed by atoms with Crippen LogP contribution < -0.4 is 5.32 Å². The highest BCUT2D eigenvalue weighted by Crippen LogP contribution is 2.25. The van der Waals surface area contributed by atoms with Crippen LogP contribution in [0.1, 0.15) is 43.0 Å². The molecule has 2 unspecified atom stereocenters. The molecule has 1 heterocycles. The number of halogens is 1. The Morgan fingerprint density at radius 3 is 2.62 bits per heavy atom. The Morgan fingerprint density at radius 1 is 1.23 bits per heavy atom. The lowest BCUT2D eigenvalue weighted by molar-refractivity contribution is 0.0730. The fourth-order valence-electron chi connectivity index (χ4n) is 3.55. The van der Waals surface area contributed by atoms with Gasteiger partial charge in [-0.3, -0.25) is 4.79 Å². The maximum Gasteiger partial charge on any atom is 0.254 e. The summed E-state index contributed by atoms with van der Waals surface area (Å²) in [5.41, 5.74) is -0.225. The van der Waals surface area contributed by atoms with Crippen molar-refractivity contribution in [2.75, 3.05) is 26.3 Å². The van der Waals surface area contributed by atoms with E-state index in [2.05, 4.69) is 12.2 Å². The van der Waals surface area contributed by atoms with E-state index < -0.39 is 21.7 Å². The van der Waals surface area contributed by atoms with Gasteiger partial charge in [0.05, 0.1) is 23.7 Å². The highest BCUT2D eigenvalue weighted by atomic mass is 32.2. The van der Waals surface area contributed by atoms with Gasteiger partial charge in [0.15, 0.2) is 0 Å². The molecule has 1 aromatic rings. The maximum atomic E-state index is 14.2. The first-order valence-corrected chi connectivity index (χ1v) is 10.5. The van der Waals surface area contributed by atoms with Crippen LogP contribution in [0, 0.1) is 11.7 Å². The zero-order valence-electron chi connectivity index (χ0n) is 14.9. The largest absolute Gasteiger partial charge is 0.379 e. The number of morpholine rings is 1. The Morgan fingerprint density at radius 2 is 1.92 bits per heavy atom. The molecule has 2 atom stereocenters. The van der Waals surface area contributed by atoms with Gasteiger partial charge in [-0.2, -0.15) is 4.31 Å². The number of rotatable bonds is 4. The molecular weight excluding hydrogens is 359 g/mol. The topological polar surface area (TPSA) is 75.7 Å². The highest BCUT2D eigenvalue weighted by molar-refractivity contribution is 7.89. The number of hydrogen-bond donors (Lipinski definition) is 1. The Kier molecular flexibility index (Phi) is 5.94. The molecule has 3 rings (SSSR count). The smallest absolute Gasteiger partial charge is 0.254 e. The summed E-state index contributed by atoms with van der Waals surface area (Å²) < 4.78 is 46.2. The summed E-state index contributed by atoms with van der Waals surface area (Å²) in [6, 6.07) is 3.39. The highest BCUT2D eigenvalue weighted by Gasteiger charge is 2.29. The molecule has 1 amide bonds.